The lowest BCUT2D eigenvalue weighted by Crippen LogP contribution is -2.63. The SMILES string of the molecule is CC(C)NC(=O)C1C2CC1CN(C(C)(C)C)C2. The van der Waals surface area contributed by atoms with Crippen molar-refractivity contribution < 1.29 is 4.79 Å². The first-order valence-electron chi connectivity index (χ1n) is 6.84. The lowest BCUT2D eigenvalue weighted by molar-refractivity contribution is -0.146. The minimum Gasteiger partial charge on any atom is -0.354 e. The van der Waals surface area contributed by atoms with E-state index in [-0.39, 0.29) is 23.4 Å². The first-order chi connectivity index (χ1) is 7.79. The molecule has 3 nitrogen and oxygen atoms in total. The Bertz CT molecular complexity index is 294. The highest BCUT2D eigenvalue weighted by molar-refractivity contribution is 5.80. The maximum Gasteiger partial charge on any atom is 0.223 e. The molecule has 3 heteroatoms. The van der Waals surface area contributed by atoms with Crippen LogP contribution in [0.3, 0.4) is 0 Å². The van der Waals surface area contributed by atoms with Gasteiger partial charge >= 0.3 is 0 Å². The third kappa shape index (κ3) is 2.49. The predicted molar refractivity (Wildman–Crippen MR) is 69.7 cm³/mol. The molecule has 2 aliphatic heterocycles. The highest BCUT2D eigenvalue weighted by atomic mass is 16.2. The number of piperidine rings is 2. The van der Waals surface area contributed by atoms with Gasteiger partial charge < -0.3 is 5.32 Å². The summed E-state index contributed by atoms with van der Waals surface area (Å²) in [7, 11) is 0. The molecule has 3 aliphatic rings. The maximum absolute atomic E-state index is 12.1. The number of nitrogens with one attached hydrogen (secondary N) is 1. The van der Waals surface area contributed by atoms with Crippen molar-refractivity contribution in [3.05, 3.63) is 0 Å². The zero-order chi connectivity index (χ0) is 12.8. The van der Waals surface area contributed by atoms with Gasteiger partial charge in [-0.05, 0) is 52.9 Å². The smallest absolute Gasteiger partial charge is 0.223 e. The van der Waals surface area contributed by atoms with Crippen molar-refractivity contribution in [3.8, 4) is 0 Å². The summed E-state index contributed by atoms with van der Waals surface area (Å²) in [5.41, 5.74) is 0.246. The van der Waals surface area contributed by atoms with Gasteiger partial charge in [0.05, 0.1) is 0 Å². The van der Waals surface area contributed by atoms with Crippen molar-refractivity contribution in [3.63, 3.8) is 0 Å². The second kappa shape index (κ2) is 4.27. The second-order valence-electron chi connectivity index (χ2n) is 7.02. The van der Waals surface area contributed by atoms with E-state index in [1.54, 1.807) is 0 Å². The monoisotopic (exact) mass is 238 g/mol. The van der Waals surface area contributed by atoms with Gasteiger partial charge in [-0.3, -0.25) is 9.69 Å². The molecule has 0 aromatic rings. The van der Waals surface area contributed by atoms with Gasteiger partial charge in [-0.15, -0.1) is 0 Å². The number of rotatable bonds is 2. The van der Waals surface area contributed by atoms with Gasteiger partial charge in [-0.2, -0.15) is 0 Å². The number of carbonyl (C=O) groups excluding carboxylic acids is 1. The largest absolute Gasteiger partial charge is 0.354 e. The van der Waals surface area contributed by atoms with Crippen LogP contribution in [-0.2, 0) is 4.79 Å². The molecule has 2 heterocycles. The molecule has 3 fully saturated rings. The Kier molecular flexibility index (Phi) is 3.23. The molecule has 1 aliphatic carbocycles. The van der Waals surface area contributed by atoms with E-state index < -0.39 is 0 Å². The molecule has 0 aromatic heterocycles. The number of fused-ring (bicyclic) bond motifs is 2. The average molecular weight is 238 g/mol. The van der Waals surface area contributed by atoms with Crippen LogP contribution in [0.15, 0.2) is 0 Å². The molecule has 2 atom stereocenters. The van der Waals surface area contributed by atoms with Crippen molar-refractivity contribution in [2.75, 3.05) is 13.1 Å². The van der Waals surface area contributed by atoms with E-state index in [1.807, 2.05) is 13.8 Å². The Hall–Kier alpha value is -0.570. The van der Waals surface area contributed by atoms with E-state index in [2.05, 4.69) is 31.0 Å². The third-order valence-corrected chi connectivity index (χ3v) is 4.21. The van der Waals surface area contributed by atoms with Gasteiger partial charge in [0.25, 0.3) is 0 Å². The van der Waals surface area contributed by atoms with Gasteiger partial charge in [0.1, 0.15) is 0 Å². The van der Waals surface area contributed by atoms with Gasteiger partial charge in [0.15, 0.2) is 0 Å². The molecule has 1 saturated carbocycles. The Morgan fingerprint density at radius 3 is 2.18 bits per heavy atom. The molecule has 3 rings (SSSR count). The van der Waals surface area contributed by atoms with Crippen LogP contribution in [0.2, 0.25) is 0 Å². The van der Waals surface area contributed by atoms with Crippen molar-refractivity contribution in [1.82, 2.24) is 10.2 Å². The summed E-state index contributed by atoms with van der Waals surface area (Å²) in [5, 5.41) is 3.07. The topological polar surface area (TPSA) is 32.3 Å². The fourth-order valence-corrected chi connectivity index (χ4v) is 3.24. The molecule has 2 unspecified atom stereocenters. The summed E-state index contributed by atoms with van der Waals surface area (Å²) in [6, 6.07) is 0.266. The van der Waals surface area contributed by atoms with E-state index >= 15 is 0 Å². The molecular weight excluding hydrogens is 212 g/mol. The van der Waals surface area contributed by atoms with E-state index in [4.69, 9.17) is 0 Å². The molecule has 1 amide bonds. The average Bonchev–Trinajstić information content (AvgIpc) is 2.14. The molecule has 2 saturated heterocycles. The molecule has 0 radical (unpaired) electrons. The number of carbonyl (C=O) groups is 1. The van der Waals surface area contributed by atoms with E-state index in [0.717, 1.165) is 13.1 Å². The first kappa shape index (κ1) is 12.9. The molecule has 98 valence electrons. The third-order valence-electron chi connectivity index (χ3n) is 4.21. The van der Waals surface area contributed by atoms with Crippen molar-refractivity contribution in [2.24, 2.45) is 17.8 Å². The van der Waals surface area contributed by atoms with Gasteiger partial charge in [-0.25, -0.2) is 0 Å². The highest BCUT2D eigenvalue weighted by Crippen LogP contribution is 2.47. The van der Waals surface area contributed by atoms with Gasteiger partial charge in [0.2, 0.25) is 5.91 Å². The number of amides is 1. The summed E-state index contributed by atoms with van der Waals surface area (Å²) >= 11 is 0. The quantitative estimate of drug-likeness (QED) is 0.796. The van der Waals surface area contributed by atoms with Gasteiger partial charge in [0, 0.05) is 30.6 Å². The van der Waals surface area contributed by atoms with E-state index in [9.17, 15) is 4.79 Å². The zero-order valence-electron chi connectivity index (χ0n) is 11.8. The number of hydrogen-bond acceptors (Lipinski definition) is 2. The van der Waals surface area contributed by atoms with Crippen LogP contribution in [0.1, 0.15) is 41.0 Å². The van der Waals surface area contributed by atoms with Crippen molar-refractivity contribution >= 4 is 5.91 Å². The lowest BCUT2D eigenvalue weighted by Gasteiger charge is -2.56. The summed E-state index contributed by atoms with van der Waals surface area (Å²) < 4.78 is 0. The molecular formula is C14H26N2O. The Balaban J connectivity index is 1.94. The lowest BCUT2D eigenvalue weighted by atomic mass is 9.60. The van der Waals surface area contributed by atoms with Crippen LogP contribution in [0, 0.1) is 17.8 Å². The molecule has 17 heavy (non-hydrogen) atoms. The minimum atomic E-state index is 0.246. The summed E-state index contributed by atoms with van der Waals surface area (Å²) in [6.45, 7) is 13.1. The Morgan fingerprint density at radius 1 is 1.24 bits per heavy atom. The molecule has 2 bridgehead atoms. The summed E-state index contributed by atoms with van der Waals surface area (Å²) in [5.74, 6) is 1.75. The summed E-state index contributed by atoms with van der Waals surface area (Å²) in [4.78, 5) is 14.6. The second-order valence-corrected chi connectivity index (χ2v) is 7.02. The van der Waals surface area contributed by atoms with Crippen LogP contribution in [-0.4, -0.2) is 35.5 Å². The number of hydrogen-bond donors (Lipinski definition) is 1. The minimum absolute atomic E-state index is 0.246. The maximum atomic E-state index is 12.1. The summed E-state index contributed by atoms with van der Waals surface area (Å²) in [6.07, 6.45) is 1.25. The highest BCUT2D eigenvalue weighted by Gasteiger charge is 2.51. The zero-order valence-corrected chi connectivity index (χ0v) is 11.8. The molecule has 0 spiro atoms. The van der Waals surface area contributed by atoms with Crippen molar-refractivity contribution in [1.29, 1.82) is 0 Å². The van der Waals surface area contributed by atoms with Crippen LogP contribution in [0.5, 0.6) is 0 Å². The fourth-order valence-electron chi connectivity index (χ4n) is 3.24. The van der Waals surface area contributed by atoms with Crippen molar-refractivity contribution in [2.45, 2.75) is 52.6 Å². The van der Waals surface area contributed by atoms with E-state index in [0.29, 0.717) is 11.8 Å². The Labute approximate surface area is 105 Å². The van der Waals surface area contributed by atoms with Crippen LogP contribution < -0.4 is 5.32 Å². The first-order valence-corrected chi connectivity index (χ1v) is 6.84. The predicted octanol–water partition coefficient (Wildman–Crippen LogP) is 1.88. The Morgan fingerprint density at radius 2 is 1.76 bits per heavy atom. The normalized spacial score (nSPS) is 33.4. The van der Waals surface area contributed by atoms with Crippen LogP contribution >= 0.6 is 0 Å². The molecule has 1 N–H and O–H groups in total. The molecule has 0 aromatic carbocycles. The van der Waals surface area contributed by atoms with E-state index in [1.165, 1.54) is 6.42 Å². The standard InChI is InChI=1S/C14H26N2O/c1-9(2)15-13(17)12-10-6-11(12)8-16(7-10)14(3,4)5/h9-12H,6-8H2,1-5H3,(H,15,17). The van der Waals surface area contributed by atoms with Gasteiger partial charge in [-0.1, -0.05) is 0 Å². The van der Waals surface area contributed by atoms with Crippen LogP contribution in [0.25, 0.3) is 0 Å². The fraction of sp³-hybridized carbons (Fsp3) is 0.929. The number of nitrogens with zero attached hydrogens (tertiary/aromatic N) is 1. The van der Waals surface area contributed by atoms with Crippen LogP contribution in [0.4, 0.5) is 0 Å².